The van der Waals surface area contributed by atoms with Crippen LogP contribution in [0.3, 0.4) is 0 Å². The van der Waals surface area contributed by atoms with Crippen molar-refractivity contribution in [3.05, 3.63) is 64.7 Å². The van der Waals surface area contributed by atoms with Gasteiger partial charge in [0.15, 0.2) is 0 Å². The maximum Gasteiger partial charge on any atom is 0.137 e. The second-order valence-electron chi connectivity index (χ2n) is 5.55. The van der Waals surface area contributed by atoms with E-state index in [-0.39, 0.29) is 6.61 Å². The van der Waals surface area contributed by atoms with E-state index in [0.29, 0.717) is 12.6 Å². The van der Waals surface area contributed by atoms with Gasteiger partial charge in [-0.05, 0) is 37.6 Å². The molecule has 0 radical (unpaired) electrons. The molecule has 0 saturated heterocycles. The molecule has 3 nitrogen and oxygen atoms in total. The summed E-state index contributed by atoms with van der Waals surface area (Å²) in [6, 6.07) is 16.1. The van der Waals surface area contributed by atoms with Gasteiger partial charge in [-0.1, -0.05) is 41.9 Å². The molecule has 0 amide bonds. The molecule has 0 aliphatic rings. The summed E-state index contributed by atoms with van der Waals surface area (Å²) in [5.74, 6) is 0.733. The van der Waals surface area contributed by atoms with Crippen molar-refractivity contribution in [2.45, 2.75) is 26.0 Å². The Morgan fingerprint density at radius 2 is 1.91 bits per heavy atom. The fraction of sp³-hybridized carbons (Fsp3) is 0.333. The molecule has 0 bridgehead atoms. The predicted molar refractivity (Wildman–Crippen MR) is 89.3 cm³/mol. The lowest BCUT2D eigenvalue weighted by atomic mass is 10.1. The molecule has 2 rings (SSSR count). The molecule has 0 unspecified atom stereocenters. The first kappa shape index (κ1) is 16.8. The molecule has 0 aromatic heterocycles. The molecule has 4 heteroatoms. The van der Waals surface area contributed by atoms with E-state index in [0.717, 1.165) is 16.3 Å². The van der Waals surface area contributed by atoms with Crippen molar-refractivity contribution in [2.24, 2.45) is 0 Å². The molecular weight excluding hydrogens is 298 g/mol. The minimum absolute atomic E-state index is 0.277. The molecule has 0 spiro atoms. The second-order valence-corrected chi connectivity index (χ2v) is 5.95. The Morgan fingerprint density at radius 3 is 2.59 bits per heavy atom. The highest BCUT2D eigenvalue weighted by Gasteiger charge is 2.12. The fourth-order valence-corrected chi connectivity index (χ4v) is 2.34. The lowest BCUT2D eigenvalue weighted by molar-refractivity contribution is -0.698. The molecule has 2 aromatic rings. The van der Waals surface area contributed by atoms with E-state index in [9.17, 15) is 5.11 Å². The molecule has 0 aliphatic heterocycles. The SMILES string of the molecule is Cc1cc(OC[C@@H](O)C[NH2+][C@@H](C)c2ccccc2)ccc1Cl. The minimum Gasteiger partial charge on any atom is -0.491 e. The topological polar surface area (TPSA) is 46.1 Å². The van der Waals surface area contributed by atoms with E-state index >= 15 is 0 Å². The third-order valence-electron chi connectivity index (χ3n) is 3.66. The fourth-order valence-electron chi connectivity index (χ4n) is 2.22. The third-order valence-corrected chi connectivity index (χ3v) is 4.08. The molecule has 3 N–H and O–H groups in total. The van der Waals surface area contributed by atoms with E-state index < -0.39 is 6.10 Å². The van der Waals surface area contributed by atoms with Crippen molar-refractivity contribution in [3.8, 4) is 5.75 Å². The maximum absolute atomic E-state index is 10.0. The predicted octanol–water partition coefficient (Wildman–Crippen LogP) is 2.71. The molecular formula is C18H23ClNO2+. The summed E-state index contributed by atoms with van der Waals surface area (Å²) in [7, 11) is 0. The molecule has 118 valence electrons. The van der Waals surface area contributed by atoms with Crippen LogP contribution in [0.1, 0.15) is 24.1 Å². The number of hydrogen-bond donors (Lipinski definition) is 2. The van der Waals surface area contributed by atoms with Crippen molar-refractivity contribution in [1.82, 2.24) is 0 Å². The van der Waals surface area contributed by atoms with E-state index in [4.69, 9.17) is 16.3 Å². The number of benzene rings is 2. The Kier molecular flexibility index (Phi) is 6.25. The van der Waals surface area contributed by atoms with Crippen LogP contribution >= 0.6 is 11.6 Å². The van der Waals surface area contributed by atoms with Crippen LogP contribution in [-0.2, 0) is 0 Å². The smallest absolute Gasteiger partial charge is 0.137 e. The van der Waals surface area contributed by atoms with Gasteiger partial charge in [0.1, 0.15) is 31.0 Å². The lowest BCUT2D eigenvalue weighted by Crippen LogP contribution is -2.87. The second kappa shape index (κ2) is 8.18. The Labute approximate surface area is 136 Å². The highest BCUT2D eigenvalue weighted by atomic mass is 35.5. The van der Waals surface area contributed by atoms with E-state index in [2.05, 4.69) is 24.4 Å². The van der Waals surface area contributed by atoms with Gasteiger partial charge in [-0.2, -0.15) is 0 Å². The van der Waals surface area contributed by atoms with Crippen LogP contribution in [0.4, 0.5) is 0 Å². The maximum atomic E-state index is 10.0. The zero-order valence-electron chi connectivity index (χ0n) is 13.0. The Morgan fingerprint density at radius 1 is 1.18 bits per heavy atom. The largest absolute Gasteiger partial charge is 0.491 e. The number of aliphatic hydroxyl groups excluding tert-OH is 1. The highest BCUT2D eigenvalue weighted by molar-refractivity contribution is 6.31. The van der Waals surface area contributed by atoms with Gasteiger partial charge in [-0.25, -0.2) is 0 Å². The zero-order chi connectivity index (χ0) is 15.9. The summed E-state index contributed by atoms with van der Waals surface area (Å²) in [5.41, 5.74) is 2.22. The van der Waals surface area contributed by atoms with Gasteiger partial charge in [0, 0.05) is 10.6 Å². The Bertz CT molecular complexity index is 589. The molecule has 2 atom stereocenters. The summed E-state index contributed by atoms with van der Waals surface area (Å²) < 4.78 is 5.61. The van der Waals surface area contributed by atoms with Crippen LogP contribution in [0.5, 0.6) is 5.75 Å². The number of quaternary nitrogens is 1. The molecule has 0 saturated carbocycles. The molecule has 2 aromatic carbocycles. The van der Waals surface area contributed by atoms with E-state index in [1.54, 1.807) is 0 Å². The normalized spacial score (nSPS) is 13.6. The highest BCUT2D eigenvalue weighted by Crippen LogP contribution is 2.21. The number of halogens is 1. The van der Waals surface area contributed by atoms with Crippen LogP contribution < -0.4 is 10.1 Å². The first-order valence-corrected chi connectivity index (χ1v) is 7.89. The van der Waals surface area contributed by atoms with Gasteiger partial charge < -0.3 is 15.2 Å². The van der Waals surface area contributed by atoms with Crippen LogP contribution in [0, 0.1) is 6.92 Å². The van der Waals surface area contributed by atoms with Gasteiger partial charge in [0.2, 0.25) is 0 Å². The van der Waals surface area contributed by atoms with Gasteiger partial charge in [-0.3, -0.25) is 0 Å². The van der Waals surface area contributed by atoms with Crippen molar-refractivity contribution in [2.75, 3.05) is 13.2 Å². The lowest BCUT2D eigenvalue weighted by Gasteiger charge is -2.15. The standard InChI is InChI=1S/C18H22ClNO2/c1-13-10-17(8-9-18(13)19)22-12-16(21)11-20-14(2)15-6-4-3-5-7-15/h3-10,14,16,20-21H,11-12H2,1-2H3/p+1/t14-,16-/m0/s1. The summed E-state index contributed by atoms with van der Waals surface area (Å²) in [4.78, 5) is 0. The summed E-state index contributed by atoms with van der Waals surface area (Å²) in [6.45, 7) is 4.94. The number of rotatable bonds is 7. The summed E-state index contributed by atoms with van der Waals surface area (Å²) in [5, 5.41) is 12.9. The van der Waals surface area contributed by atoms with Gasteiger partial charge in [0.25, 0.3) is 0 Å². The summed E-state index contributed by atoms with van der Waals surface area (Å²) >= 11 is 5.98. The Hall–Kier alpha value is -1.55. The van der Waals surface area contributed by atoms with Crippen molar-refractivity contribution in [3.63, 3.8) is 0 Å². The summed E-state index contributed by atoms with van der Waals surface area (Å²) in [6.07, 6.45) is -0.512. The quantitative estimate of drug-likeness (QED) is 0.824. The van der Waals surface area contributed by atoms with Crippen LogP contribution in [0.25, 0.3) is 0 Å². The average molecular weight is 321 g/mol. The van der Waals surface area contributed by atoms with Gasteiger partial charge >= 0.3 is 0 Å². The van der Waals surface area contributed by atoms with Crippen LogP contribution in [0.2, 0.25) is 5.02 Å². The van der Waals surface area contributed by atoms with Gasteiger partial charge in [-0.15, -0.1) is 0 Å². The Balaban J connectivity index is 1.76. The van der Waals surface area contributed by atoms with E-state index in [1.807, 2.05) is 43.3 Å². The van der Waals surface area contributed by atoms with Crippen LogP contribution in [-0.4, -0.2) is 24.4 Å². The zero-order valence-corrected chi connectivity index (χ0v) is 13.8. The molecule has 0 fully saturated rings. The number of aryl methyl sites for hydroxylation is 1. The first-order chi connectivity index (χ1) is 10.6. The van der Waals surface area contributed by atoms with Crippen molar-refractivity contribution in [1.29, 1.82) is 0 Å². The van der Waals surface area contributed by atoms with Crippen molar-refractivity contribution >= 4 is 11.6 Å². The number of nitrogens with two attached hydrogens (primary N) is 1. The van der Waals surface area contributed by atoms with E-state index in [1.165, 1.54) is 5.56 Å². The minimum atomic E-state index is -0.512. The molecule has 0 aliphatic carbocycles. The number of aliphatic hydroxyl groups is 1. The molecule has 22 heavy (non-hydrogen) atoms. The monoisotopic (exact) mass is 320 g/mol. The first-order valence-electron chi connectivity index (χ1n) is 7.51. The number of ether oxygens (including phenoxy) is 1. The van der Waals surface area contributed by atoms with Crippen LogP contribution in [0.15, 0.2) is 48.5 Å². The van der Waals surface area contributed by atoms with Crippen molar-refractivity contribution < 1.29 is 15.2 Å². The third kappa shape index (κ3) is 5.02. The van der Waals surface area contributed by atoms with Gasteiger partial charge in [0.05, 0.1) is 0 Å². The number of hydrogen-bond acceptors (Lipinski definition) is 2. The molecule has 0 heterocycles. The average Bonchev–Trinajstić information content (AvgIpc) is 2.54.